The lowest BCUT2D eigenvalue weighted by atomic mass is 9.60. The second-order valence-electron chi connectivity index (χ2n) is 12.0. The van der Waals surface area contributed by atoms with Gasteiger partial charge in [0.15, 0.2) is 0 Å². The number of carboxylic acids is 1. The van der Waals surface area contributed by atoms with Crippen LogP contribution in [0.4, 0.5) is 24.8 Å². The number of ether oxygens (including phenoxy) is 1. The number of aromatic nitrogens is 4. The topological polar surface area (TPSA) is 145 Å². The molecule has 0 radical (unpaired) electrons. The largest absolute Gasteiger partial charge is 0.493 e. The van der Waals surface area contributed by atoms with Gasteiger partial charge in [-0.15, -0.1) is 0 Å². The fraction of sp³-hybridized carbons (Fsp3) is 0.406. The van der Waals surface area contributed by atoms with Crippen molar-refractivity contribution in [3.8, 4) is 17.0 Å². The molecular weight excluding hydrogens is 589 g/mol. The summed E-state index contributed by atoms with van der Waals surface area (Å²) >= 11 is 0. The number of nitrogen functional groups attached to an aromatic ring is 1. The highest BCUT2D eigenvalue weighted by molar-refractivity contribution is 6.04. The number of fused-ring (bicyclic) bond motifs is 3. The molecule has 3 heterocycles. The molecule has 2 unspecified atom stereocenters. The molecule has 1 aromatic carbocycles. The number of pyridine rings is 1. The molecule has 2 aliphatic carbocycles. The molecule has 2 saturated carbocycles. The number of imidazole rings is 1. The van der Waals surface area contributed by atoms with E-state index in [0.717, 1.165) is 37.0 Å². The van der Waals surface area contributed by atoms with Crippen LogP contribution in [0.25, 0.3) is 16.8 Å². The Labute approximate surface area is 256 Å². The van der Waals surface area contributed by atoms with Crippen molar-refractivity contribution in [2.75, 3.05) is 17.7 Å². The number of aliphatic carboxylic acids is 1. The van der Waals surface area contributed by atoms with E-state index < -0.39 is 23.6 Å². The van der Waals surface area contributed by atoms with E-state index in [9.17, 15) is 27.9 Å². The van der Waals surface area contributed by atoms with Crippen LogP contribution in [0.5, 0.6) is 5.75 Å². The van der Waals surface area contributed by atoms with Crippen molar-refractivity contribution < 1.29 is 32.6 Å². The predicted octanol–water partition coefficient (Wildman–Crippen LogP) is 6.28. The number of benzene rings is 1. The van der Waals surface area contributed by atoms with Crippen LogP contribution in [-0.4, -0.2) is 42.9 Å². The molecule has 10 nitrogen and oxygen atoms in total. The highest BCUT2D eigenvalue weighted by atomic mass is 19.4. The van der Waals surface area contributed by atoms with Crippen LogP contribution in [0.3, 0.4) is 0 Å². The van der Waals surface area contributed by atoms with E-state index >= 15 is 0 Å². The van der Waals surface area contributed by atoms with Crippen molar-refractivity contribution in [3.63, 3.8) is 0 Å². The molecule has 13 heteroatoms. The number of carboxylic acid groups (broad SMARTS) is 1. The Morgan fingerprint density at radius 3 is 2.60 bits per heavy atom. The minimum atomic E-state index is -4.58. The quantitative estimate of drug-likeness (QED) is 0.218. The zero-order valence-corrected chi connectivity index (χ0v) is 24.7. The Morgan fingerprint density at radius 1 is 1.09 bits per heavy atom. The molecule has 2 fully saturated rings. The van der Waals surface area contributed by atoms with Crippen molar-refractivity contribution in [1.82, 2.24) is 19.4 Å². The average Bonchev–Trinajstić information content (AvgIpc) is 3.39. The van der Waals surface area contributed by atoms with Gasteiger partial charge in [0.25, 0.3) is 5.91 Å². The first-order chi connectivity index (χ1) is 21.4. The number of nitrogens with zero attached hydrogens (tertiary/aromatic N) is 4. The van der Waals surface area contributed by atoms with Crippen molar-refractivity contribution >= 4 is 29.0 Å². The summed E-state index contributed by atoms with van der Waals surface area (Å²) in [7, 11) is 0. The Bertz CT molecular complexity index is 1770. The normalized spacial score (nSPS) is 23.1. The number of nitrogens with one attached hydrogen (secondary N) is 1. The molecule has 0 saturated heterocycles. The van der Waals surface area contributed by atoms with Gasteiger partial charge in [-0.2, -0.15) is 13.2 Å². The molecule has 2 bridgehead atoms. The van der Waals surface area contributed by atoms with E-state index in [0.29, 0.717) is 41.3 Å². The van der Waals surface area contributed by atoms with Crippen LogP contribution >= 0.6 is 0 Å². The number of anilines is 2. The average molecular weight is 623 g/mol. The lowest BCUT2D eigenvalue weighted by Crippen LogP contribution is -2.40. The van der Waals surface area contributed by atoms with E-state index in [-0.39, 0.29) is 47.5 Å². The summed E-state index contributed by atoms with van der Waals surface area (Å²) in [5.41, 5.74) is 7.24. The first-order valence-corrected chi connectivity index (χ1v) is 14.9. The molecule has 2 aliphatic rings. The molecule has 4 aromatic rings. The van der Waals surface area contributed by atoms with E-state index in [4.69, 9.17) is 15.5 Å². The number of hydrogen-bond donors (Lipinski definition) is 3. The molecule has 4 N–H and O–H groups in total. The summed E-state index contributed by atoms with van der Waals surface area (Å²) in [5.74, 6) is 0.0481. The zero-order valence-electron chi connectivity index (χ0n) is 24.7. The molecular formula is C32H33F3N6O4. The number of amides is 1. The zero-order chi connectivity index (χ0) is 32.0. The molecule has 0 spiro atoms. The summed E-state index contributed by atoms with van der Waals surface area (Å²) < 4.78 is 47.3. The van der Waals surface area contributed by atoms with Crippen LogP contribution in [0, 0.1) is 23.7 Å². The van der Waals surface area contributed by atoms with Crippen molar-refractivity contribution in [2.45, 2.75) is 51.6 Å². The third-order valence-electron chi connectivity index (χ3n) is 9.20. The van der Waals surface area contributed by atoms with Gasteiger partial charge in [-0.3, -0.25) is 14.0 Å². The van der Waals surface area contributed by atoms with Gasteiger partial charge in [0.05, 0.1) is 18.1 Å². The van der Waals surface area contributed by atoms with E-state index in [2.05, 4.69) is 22.2 Å². The van der Waals surface area contributed by atoms with E-state index in [1.165, 1.54) is 12.1 Å². The third-order valence-corrected chi connectivity index (χ3v) is 9.20. The Hall–Kier alpha value is -4.68. The number of carbonyl (C=O) groups excluding carboxylic acids is 1. The van der Waals surface area contributed by atoms with Crippen LogP contribution < -0.4 is 15.8 Å². The fourth-order valence-electron chi connectivity index (χ4n) is 7.06. The second-order valence-corrected chi connectivity index (χ2v) is 12.0. The third kappa shape index (κ3) is 5.78. The molecule has 236 valence electrons. The number of hydrogen-bond acceptors (Lipinski definition) is 7. The van der Waals surface area contributed by atoms with Gasteiger partial charge in [-0.05, 0) is 80.7 Å². The van der Waals surface area contributed by atoms with Gasteiger partial charge in [0.1, 0.15) is 34.4 Å². The summed E-state index contributed by atoms with van der Waals surface area (Å²) in [6.45, 7) is 4.18. The van der Waals surface area contributed by atoms with Gasteiger partial charge in [-0.1, -0.05) is 6.92 Å². The maximum Gasteiger partial charge on any atom is 0.416 e. The minimum Gasteiger partial charge on any atom is -0.493 e. The summed E-state index contributed by atoms with van der Waals surface area (Å²) in [5, 5.41) is 12.3. The van der Waals surface area contributed by atoms with Gasteiger partial charge >= 0.3 is 12.1 Å². The Kier molecular flexibility index (Phi) is 7.88. The minimum absolute atomic E-state index is 0.00181. The second kappa shape index (κ2) is 11.7. The lowest BCUT2D eigenvalue weighted by Gasteiger charge is -2.45. The maximum absolute atomic E-state index is 13.2. The molecule has 45 heavy (non-hydrogen) atoms. The van der Waals surface area contributed by atoms with E-state index in [1.54, 1.807) is 25.4 Å². The molecule has 0 aliphatic heterocycles. The number of halogens is 3. The van der Waals surface area contributed by atoms with E-state index in [1.807, 2.05) is 4.40 Å². The van der Waals surface area contributed by atoms with Crippen LogP contribution in [0.15, 0.2) is 48.9 Å². The van der Waals surface area contributed by atoms with Crippen molar-refractivity contribution in [1.29, 1.82) is 0 Å². The Balaban J connectivity index is 1.37. The predicted molar refractivity (Wildman–Crippen MR) is 160 cm³/mol. The fourth-order valence-corrected chi connectivity index (χ4v) is 7.06. The summed E-state index contributed by atoms with van der Waals surface area (Å²) in [4.78, 5) is 38.4. The highest BCUT2D eigenvalue weighted by Crippen LogP contribution is 2.51. The smallest absolute Gasteiger partial charge is 0.416 e. The van der Waals surface area contributed by atoms with Crippen LogP contribution in [0.1, 0.15) is 67.2 Å². The highest BCUT2D eigenvalue weighted by Gasteiger charge is 2.45. The number of carbonyl (C=O) groups is 2. The van der Waals surface area contributed by atoms with Crippen molar-refractivity contribution in [2.24, 2.45) is 23.7 Å². The lowest BCUT2D eigenvalue weighted by molar-refractivity contribution is -0.147. The van der Waals surface area contributed by atoms with Gasteiger partial charge < -0.3 is 20.9 Å². The first-order valence-electron chi connectivity index (χ1n) is 14.9. The molecule has 5 atom stereocenters. The standard InChI is InChI=1S/C32H33F3N6O4/c1-3-45-24-14-17(30(42)39-25-15-21(6-7-37-25)32(33,34)35)4-5-22(24)26-27-28(36)38-8-9-41(27)29(40-26)20-12-18-11-19(13-20)23(31(43)44)10-16(18)2/h4-9,14-16,18-20,23H,3,10-13H2,1-2H3,(H2,36,38)(H,43,44)(H,37,39,42)/t16?,18-,19+,20+,23?/m1/s1. The monoisotopic (exact) mass is 622 g/mol. The molecule has 1 amide bonds. The SMILES string of the molecule is CCOc1cc(C(=O)Nc2cc(C(F)(F)F)ccn2)ccc1-c1nc([C@H]2C[C@H]3C[C@@H](C2)C(C(=O)O)CC3C)n2ccnc(N)c12. The maximum atomic E-state index is 13.2. The van der Waals surface area contributed by atoms with Gasteiger partial charge in [-0.25, -0.2) is 15.0 Å². The van der Waals surface area contributed by atoms with Crippen LogP contribution in [0.2, 0.25) is 0 Å². The van der Waals surface area contributed by atoms with Gasteiger partial charge in [0.2, 0.25) is 0 Å². The summed E-state index contributed by atoms with van der Waals surface area (Å²) in [6, 6.07) is 6.29. The Morgan fingerprint density at radius 2 is 1.87 bits per heavy atom. The molecule has 6 rings (SSSR count). The number of alkyl halides is 3. The van der Waals surface area contributed by atoms with Gasteiger partial charge in [0, 0.05) is 35.6 Å². The number of rotatable bonds is 7. The first kappa shape index (κ1) is 30.4. The number of nitrogens with two attached hydrogens (primary N) is 1. The van der Waals surface area contributed by atoms with Crippen molar-refractivity contribution in [3.05, 3.63) is 65.9 Å². The summed E-state index contributed by atoms with van der Waals surface area (Å²) in [6.07, 6.45) is 2.95. The van der Waals surface area contributed by atoms with Crippen LogP contribution in [-0.2, 0) is 11.0 Å². The molecule has 3 aromatic heterocycles.